The molecule has 1 aliphatic carbocycles. The van der Waals surface area contributed by atoms with E-state index in [-0.39, 0.29) is 23.7 Å². The van der Waals surface area contributed by atoms with Crippen molar-refractivity contribution in [1.82, 2.24) is 9.80 Å². The van der Waals surface area contributed by atoms with Crippen LogP contribution in [0.5, 0.6) is 0 Å². The number of hydrogen-bond acceptors (Lipinski definition) is 2. The summed E-state index contributed by atoms with van der Waals surface area (Å²) in [6.45, 7) is 2.36. The van der Waals surface area contributed by atoms with E-state index in [4.69, 9.17) is 23.2 Å². The van der Waals surface area contributed by atoms with Crippen LogP contribution >= 0.6 is 23.2 Å². The van der Waals surface area contributed by atoms with Crippen molar-refractivity contribution in [3.63, 3.8) is 0 Å². The maximum absolute atomic E-state index is 12.8. The summed E-state index contributed by atoms with van der Waals surface area (Å²) in [6.07, 6.45) is 1.22. The van der Waals surface area contributed by atoms with E-state index in [2.05, 4.69) is 0 Å². The monoisotopic (exact) mass is 416 g/mol. The van der Waals surface area contributed by atoms with Gasteiger partial charge in [-0.1, -0.05) is 53.5 Å². The van der Waals surface area contributed by atoms with Crippen molar-refractivity contribution in [3.05, 3.63) is 69.7 Å². The molecule has 0 spiro atoms. The quantitative estimate of drug-likeness (QED) is 0.755. The molecular weight excluding hydrogens is 395 g/mol. The van der Waals surface area contributed by atoms with E-state index in [0.29, 0.717) is 37.6 Å². The third kappa shape index (κ3) is 4.18. The molecule has 2 unspecified atom stereocenters. The summed E-state index contributed by atoms with van der Waals surface area (Å²) in [7, 11) is 0. The topological polar surface area (TPSA) is 40.6 Å². The summed E-state index contributed by atoms with van der Waals surface area (Å²) in [5, 5.41) is 1.40. The minimum atomic E-state index is 0.0243. The molecule has 1 heterocycles. The van der Waals surface area contributed by atoms with Crippen LogP contribution in [0.15, 0.2) is 48.5 Å². The molecule has 6 heteroatoms. The van der Waals surface area contributed by atoms with Gasteiger partial charge in [0.25, 0.3) is 0 Å². The van der Waals surface area contributed by atoms with Crippen LogP contribution in [0, 0.1) is 5.92 Å². The third-order valence-corrected chi connectivity index (χ3v) is 6.22. The van der Waals surface area contributed by atoms with Crippen molar-refractivity contribution >= 4 is 35.0 Å². The fourth-order valence-corrected chi connectivity index (χ4v) is 4.29. The van der Waals surface area contributed by atoms with E-state index in [1.54, 1.807) is 12.1 Å². The van der Waals surface area contributed by atoms with E-state index in [0.717, 1.165) is 22.6 Å². The Morgan fingerprint density at radius 3 is 2.21 bits per heavy atom. The molecule has 4 rings (SSSR count). The highest BCUT2D eigenvalue weighted by atomic mass is 35.5. The Bertz CT molecular complexity index is 876. The zero-order valence-corrected chi connectivity index (χ0v) is 17.0. The number of halogens is 2. The largest absolute Gasteiger partial charge is 0.339 e. The van der Waals surface area contributed by atoms with Gasteiger partial charge >= 0.3 is 0 Å². The van der Waals surface area contributed by atoms with Crippen LogP contribution in [0.1, 0.15) is 23.5 Å². The van der Waals surface area contributed by atoms with Crippen molar-refractivity contribution in [3.8, 4) is 0 Å². The van der Waals surface area contributed by atoms with Gasteiger partial charge < -0.3 is 9.80 Å². The summed E-state index contributed by atoms with van der Waals surface area (Å²) >= 11 is 12.2. The van der Waals surface area contributed by atoms with Crippen LogP contribution in [0.2, 0.25) is 10.0 Å². The highest BCUT2D eigenvalue weighted by Gasteiger charge is 2.46. The summed E-state index contributed by atoms with van der Waals surface area (Å²) in [5.41, 5.74) is 2.02. The van der Waals surface area contributed by atoms with Gasteiger partial charge in [-0.2, -0.15) is 0 Å². The standard InChI is InChI=1S/C22H22Cl2N2O2/c23-16-7-5-15(6-8-16)13-21(27)25-9-11-26(12-10-25)22(28)19-14-18(19)17-3-1-2-4-20(17)24/h1-8,18-19H,9-14H2. The molecule has 146 valence electrons. The average molecular weight is 417 g/mol. The summed E-state index contributed by atoms with van der Waals surface area (Å²) in [4.78, 5) is 29.1. The average Bonchev–Trinajstić information content (AvgIpc) is 3.50. The summed E-state index contributed by atoms with van der Waals surface area (Å²) < 4.78 is 0. The van der Waals surface area contributed by atoms with Crippen molar-refractivity contribution in [2.75, 3.05) is 26.2 Å². The second-order valence-corrected chi connectivity index (χ2v) is 8.32. The highest BCUT2D eigenvalue weighted by Crippen LogP contribution is 2.50. The number of hydrogen-bond donors (Lipinski definition) is 0. The van der Waals surface area contributed by atoms with Crippen LogP contribution in [0.25, 0.3) is 0 Å². The van der Waals surface area contributed by atoms with E-state index in [1.165, 1.54) is 0 Å². The molecule has 1 saturated carbocycles. The highest BCUT2D eigenvalue weighted by molar-refractivity contribution is 6.31. The molecule has 0 aromatic heterocycles. The molecule has 0 N–H and O–H groups in total. The second-order valence-electron chi connectivity index (χ2n) is 7.48. The Morgan fingerprint density at radius 1 is 0.893 bits per heavy atom. The minimum Gasteiger partial charge on any atom is -0.339 e. The molecule has 1 aliphatic heterocycles. The molecule has 2 fully saturated rings. The van der Waals surface area contributed by atoms with E-state index in [9.17, 15) is 9.59 Å². The first kappa shape index (κ1) is 19.3. The number of carbonyl (C=O) groups is 2. The number of carbonyl (C=O) groups excluding carboxylic acids is 2. The first-order valence-corrected chi connectivity index (χ1v) is 10.3. The van der Waals surface area contributed by atoms with E-state index >= 15 is 0 Å². The zero-order valence-electron chi connectivity index (χ0n) is 15.5. The van der Waals surface area contributed by atoms with Crippen molar-refractivity contribution in [1.29, 1.82) is 0 Å². The Labute approximate surface area is 175 Å². The van der Waals surface area contributed by atoms with Gasteiger partial charge in [-0.15, -0.1) is 0 Å². The second kappa shape index (κ2) is 8.14. The van der Waals surface area contributed by atoms with Crippen molar-refractivity contribution in [2.24, 2.45) is 5.92 Å². The van der Waals surface area contributed by atoms with Gasteiger partial charge in [-0.05, 0) is 41.7 Å². The lowest BCUT2D eigenvalue weighted by Crippen LogP contribution is -2.51. The number of rotatable bonds is 4. The van der Waals surface area contributed by atoms with Gasteiger partial charge in [0.15, 0.2) is 0 Å². The number of piperazine rings is 1. The predicted octanol–water partition coefficient (Wildman–Crippen LogP) is 4.01. The molecule has 2 aromatic carbocycles. The van der Waals surface area contributed by atoms with Crippen LogP contribution in [0.3, 0.4) is 0 Å². The number of amides is 2. The summed E-state index contributed by atoms with van der Waals surface area (Å²) in [6, 6.07) is 15.1. The molecule has 28 heavy (non-hydrogen) atoms. The first-order valence-electron chi connectivity index (χ1n) is 9.58. The predicted molar refractivity (Wildman–Crippen MR) is 111 cm³/mol. The minimum absolute atomic E-state index is 0.0243. The molecule has 0 radical (unpaired) electrons. The van der Waals surface area contributed by atoms with Gasteiger partial charge in [-0.3, -0.25) is 9.59 Å². The van der Waals surface area contributed by atoms with Gasteiger partial charge in [0.05, 0.1) is 6.42 Å². The molecule has 2 amide bonds. The van der Waals surface area contributed by atoms with Crippen molar-refractivity contribution < 1.29 is 9.59 Å². The van der Waals surface area contributed by atoms with E-state index in [1.807, 2.05) is 46.2 Å². The molecule has 1 saturated heterocycles. The fraction of sp³-hybridized carbons (Fsp3) is 0.364. The zero-order chi connectivity index (χ0) is 19.7. The maximum atomic E-state index is 12.8. The van der Waals surface area contributed by atoms with Crippen molar-refractivity contribution in [2.45, 2.75) is 18.8 Å². The number of nitrogens with zero attached hydrogens (tertiary/aromatic N) is 2. The number of benzene rings is 2. The molecule has 2 aromatic rings. The maximum Gasteiger partial charge on any atom is 0.227 e. The lowest BCUT2D eigenvalue weighted by molar-refractivity contribution is -0.140. The lowest BCUT2D eigenvalue weighted by atomic mass is 10.1. The van der Waals surface area contributed by atoms with Gasteiger partial charge in [0, 0.05) is 42.1 Å². The normalized spacial score (nSPS) is 21.5. The van der Waals surface area contributed by atoms with Crippen LogP contribution < -0.4 is 0 Å². The Morgan fingerprint density at radius 2 is 1.54 bits per heavy atom. The van der Waals surface area contributed by atoms with Gasteiger partial charge in [-0.25, -0.2) is 0 Å². The smallest absolute Gasteiger partial charge is 0.227 e. The van der Waals surface area contributed by atoms with Gasteiger partial charge in [0.1, 0.15) is 0 Å². The Hall–Kier alpha value is -2.04. The summed E-state index contributed by atoms with van der Waals surface area (Å²) in [5.74, 6) is 0.534. The molecule has 2 atom stereocenters. The molecule has 0 bridgehead atoms. The van der Waals surface area contributed by atoms with Crippen LogP contribution in [0.4, 0.5) is 0 Å². The van der Waals surface area contributed by atoms with E-state index < -0.39 is 0 Å². The Balaban J connectivity index is 1.28. The van der Waals surface area contributed by atoms with Gasteiger partial charge in [0.2, 0.25) is 11.8 Å². The molecule has 4 nitrogen and oxygen atoms in total. The lowest BCUT2D eigenvalue weighted by Gasteiger charge is -2.35. The Kier molecular flexibility index (Phi) is 5.61. The van der Waals surface area contributed by atoms with Crippen LogP contribution in [-0.2, 0) is 16.0 Å². The fourth-order valence-electron chi connectivity index (χ4n) is 3.89. The third-order valence-electron chi connectivity index (χ3n) is 5.62. The SMILES string of the molecule is O=C(Cc1ccc(Cl)cc1)N1CCN(C(=O)C2CC2c2ccccc2Cl)CC1. The first-order chi connectivity index (χ1) is 13.5. The van der Waals surface area contributed by atoms with Crippen LogP contribution in [-0.4, -0.2) is 47.8 Å². The molecular formula is C22H22Cl2N2O2. The molecule has 2 aliphatic rings.